The number of carbonyl (C=O) groups is 2. The van der Waals surface area contributed by atoms with Gasteiger partial charge in [-0.1, -0.05) is 36.4 Å². The van der Waals surface area contributed by atoms with Gasteiger partial charge in [-0.15, -0.1) is 0 Å². The molecule has 31 heavy (non-hydrogen) atoms. The number of hydrogen-bond donors (Lipinski definition) is 1. The van der Waals surface area contributed by atoms with Crippen LogP contribution in [0.1, 0.15) is 40.3 Å². The summed E-state index contributed by atoms with van der Waals surface area (Å²) in [5, 5.41) is 8.15. The average Bonchev–Trinajstić information content (AvgIpc) is 3.36. The number of benzene rings is 2. The second-order valence-electron chi connectivity index (χ2n) is 7.14. The van der Waals surface area contributed by atoms with Gasteiger partial charge in [-0.3, -0.25) is 9.59 Å². The third kappa shape index (κ3) is 3.70. The third-order valence-corrected chi connectivity index (χ3v) is 5.33. The normalized spacial score (nSPS) is 10.9. The molecule has 4 rings (SSSR count). The first kappa shape index (κ1) is 20.4. The van der Waals surface area contributed by atoms with E-state index in [0.29, 0.717) is 30.1 Å². The maximum atomic E-state index is 13.2. The maximum absolute atomic E-state index is 13.2. The Morgan fingerprint density at radius 3 is 2.39 bits per heavy atom. The minimum absolute atomic E-state index is 0.191. The van der Waals surface area contributed by atoms with E-state index in [9.17, 15) is 9.59 Å². The minimum atomic E-state index is -0.431. The molecule has 2 aromatic heterocycles. The van der Waals surface area contributed by atoms with Gasteiger partial charge in [-0.05, 0) is 39.0 Å². The number of fused-ring (bicyclic) bond motifs is 1. The van der Waals surface area contributed by atoms with E-state index in [1.807, 2.05) is 75.4 Å². The van der Waals surface area contributed by atoms with Gasteiger partial charge < -0.3 is 14.6 Å². The first-order valence-corrected chi connectivity index (χ1v) is 10.3. The van der Waals surface area contributed by atoms with E-state index < -0.39 is 5.91 Å². The number of amides is 2. The van der Waals surface area contributed by atoms with Gasteiger partial charge in [0.05, 0.1) is 11.9 Å². The second kappa shape index (κ2) is 8.47. The van der Waals surface area contributed by atoms with Gasteiger partial charge in [-0.25, -0.2) is 4.68 Å². The van der Waals surface area contributed by atoms with Crippen LogP contribution in [0, 0.1) is 6.92 Å². The zero-order valence-electron chi connectivity index (χ0n) is 17.8. The third-order valence-electron chi connectivity index (χ3n) is 5.33. The highest BCUT2D eigenvalue weighted by molar-refractivity contribution is 6.09. The predicted molar refractivity (Wildman–Crippen MR) is 120 cm³/mol. The van der Waals surface area contributed by atoms with Gasteiger partial charge in [0, 0.05) is 24.0 Å². The Hall–Kier alpha value is -3.87. The van der Waals surface area contributed by atoms with Crippen molar-refractivity contribution in [2.45, 2.75) is 20.8 Å². The average molecular weight is 416 g/mol. The fourth-order valence-corrected chi connectivity index (χ4v) is 3.63. The predicted octanol–water partition coefficient (Wildman–Crippen LogP) is 4.66. The van der Waals surface area contributed by atoms with E-state index in [1.54, 1.807) is 9.58 Å². The number of anilines is 1. The van der Waals surface area contributed by atoms with Crippen LogP contribution in [0.15, 0.2) is 65.2 Å². The first-order chi connectivity index (χ1) is 15.0. The number of furan rings is 1. The molecule has 0 saturated heterocycles. The lowest BCUT2D eigenvalue weighted by molar-refractivity contribution is 0.0774. The first-order valence-electron chi connectivity index (χ1n) is 10.3. The van der Waals surface area contributed by atoms with Crippen molar-refractivity contribution in [1.29, 1.82) is 0 Å². The lowest BCUT2D eigenvalue weighted by Crippen LogP contribution is -2.31. The Labute approximate surface area is 180 Å². The summed E-state index contributed by atoms with van der Waals surface area (Å²) in [5.41, 5.74) is 2.45. The van der Waals surface area contributed by atoms with E-state index in [0.717, 1.165) is 16.6 Å². The van der Waals surface area contributed by atoms with E-state index in [-0.39, 0.29) is 11.7 Å². The molecule has 0 spiro atoms. The number of nitrogens with one attached hydrogen (secondary N) is 1. The van der Waals surface area contributed by atoms with Crippen LogP contribution in [-0.4, -0.2) is 39.6 Å². The molecule has 0 unspecified atom stereocenters. The highest BCUT2D eigenvalue weighted by atomic mass is 16.3. The van der Waals surface area contributed by atoms with Crippen molar-refractivity contribution in [1.82, 2.24) is 14.7 Å². The van der Waals surface area contributed by atoms with E-state index in [2.05, 4.69) is 10.4 Å². The Bertz CT molecular complexity index is 1240. The summed E-state index contributed by atoms with van der Waals surface area (Å²) in [5.74, 6) is -0.0972. The number of nitrogens with zero attached hydrogens (tertiary/aromatic N) is 3. The standard InChI is InChI=1S/C24H24N4O3/c1-4-27(5-2)24(30)19-15-25-28(17-11-7-6-8-12-17)22(19)26-23(29)21-16(3)18-13-9-10-14-20(18)31-21/h6-15H,4-5H2,1-3H3,(H,26,29). The number of aromatic nitrogens is 2. The van der Waals surface area contributed by atoms with Crippen molar-refractivity contribution in [3.8, 4) is 5.69 Å². The van der Waals surface area contributed by atoms with Gasteiger partial charge in [0.2, 0.25) is 0 Å². The minimum Gasteiger partial charge on any atom is -0.451 e. The molecular formula is C24H24N4O3. The van der Waals surface area contributed by atoms with Crippen molar-refractivity contribution in [3.63, 3.8) is 0 Å². The molecule has 158 valence electrons. The van der Waals surface area contributed by atoms with Gasteiger partial charge in [0.25, 0.3) is 11.8 Å². The summed E-state index contributed by atoms with van der Waals surface area (Å²) in [7, 11) is 0. The molecule has 0 fully saturated rings. The summed E-state index contributed by atoms with van der Waals surface area (Å²) in [6, 6.07) is 16.9. The van der Waals surface area contributed by atoms with E-state index in [1.165, 1.54) is 6.20 Å². The quantitative estimate of drug-likeness (QED) is 0.496. The molecule has 2 amide bonds. The number of para-hydroxylation sites is 2. The maximum Gasteiger partial charge on any atom is 0.292 e. The summed E-state index contributed by atoms with van der Waals surface area (Å²) in [6.45, 7) is 6.79. The molecule has 0 radical (unpaired) electrons. The highest BCUT2D eigenvalue weighted by Gasteiger charge is 2.26. The van der Waals surface area contributed by atoms with Gasteiger partial charge in [-0.2, -0.15) is 5.10 Å². The van der Waals surface area contributed by atoms with Gasteiger partial charge in [0.1, 0.15) is 17.0 Å². The molecule has 4 aromatic rings. The van der Waals surface area contributed by atoms with Crippen LogP contribution in [0.3, 0.4) is 0 Å². The van der Waals surface area contributed by atoms with Crippen molar-refractivity contribution in [3.05, 3.63) is 77.7 Å². The number of carbonyl (C=O) groups excluding carboxylic acids is 2. The van der Waals surface area contributed by atoms with Crippen molar-refractivity contribution in [2.75, 3.05) is 18.4 Å². The fourth-order valence-electron chi connectivity index (χ4n) is 3.63. The molecule has 1 N–H and O–H groups in total. The van der Waals surface area contributed by atoms with Crippen LogP contribution in [-0.2, 0) is 0 Å². The zero-order chi connectivity index (χ0) is 22.0. The summed E-state index contributed by atoms with van der Waals surface area (Å²) >= 11 is 0. The van der Waals surface area contributed by atoms with Gasteiger partial charge in [0.15, 0.2) is 5.76 Å². The molecule has 2 heterocycles. The van der Waals surface area contributed by atoms with E-state index >= 15 is 0 Å². The van der Waals surface area contributed by atoms with Crippen LogP contribution < -0.4 is 5.32 Å². The largest absolute Gasteiger partial charge is 0.451 e. The molecule has 7 nitrogen and oxygen atoms in total. The lowest BCUT2D eigenvalue weighted by Gasteiger charge is -2.19. The smallest absolute Gasteiger partial charge is 0.292 e. The topological polar surface area (TPSA) is 80.4 Å². The zero-order valence-corrected chi connectivity index (χ0v) is 17.8. The molecule has 0 aliphatic heterocycles. The van der Waals surface area contributed by atoms with Crippen molar-refractivity contribution < 1.29 is 14.0 Å². The van der Waals surface area contributed by atoms with Crippen molar-refractivity contribution >= 4 is 28.6 Å². The molecule has 0 saturated carbocycles. The molecule has 0 bridgehead atoms. The Morgan fingerprint density at radius 2 is 1.71 bits per heavy atom. The SMILES string of the molecule is CCN(CC)C(=O)c1cnn(-c2ccccc2)c1NC(=O)c1oc2ccccc2c1C. The summed E-state index contributed by atoms with van der Waals surface area (Å²) < 4.78 is 7.37. The number of rotatable bonds is 6. The lowest BCUT2D eigenvalue weighted by atomic mass is 10.1. The Balaban J connectivity index is 1.78. The number of aryl methyl sites for hydroxylation is 1. The van der Waals surface area contributed by atoms with Crippen LogP contribution >= 0.6 is 0 Å². The van der Waals surface area contributed by atoms with Crippen LogP contribution in [0.25, 0.3) is 16.7 Å². The second-order valence-corrected chi connectivity index (χ2v) is 7.14. The summed E-state index contributed by atoms with van der Waals surface area (Å²) in [4.78, 5) is 28.0. The monoisotopic (exact) mass is 416 g/mol. The Kier molecular flexibility index (Phi) is 5.58. The molecule has 0 aliphatic carbocycles. The van der Waals surface area contributed by atoms with Crippen LogP contribution in [0.5, 0.6) is 0 Å². The number of hydrogen-bond acceptors (Lipinski definition) is 4. The molecule has 0 atom stereocenters. The van der Waals surface area contributed by atoms with Gasteiger partial charge >= 0.3 is 0 Å². The molecule has 7 heteroatoms. The van der Waals surface area contributed by atoms with Crippen LogP contribution in [0.2, 0.25) is 0 Å². The highest BCUT2D eigenvalue weighted by Crippen LogP contribution is 2.27. The van der Waals surface area contributed by atoms with E-state index in [4.69, 9.17) is 4.42 Å². The molecular weight excluding hydrogens is 392 g/mol. The molecule has 0 aliphatic rings. The Morgan fingerprint density at radius 1 is 1.03 bits per heavy atom. The summed E-state index contributed by atoms with van der Waals surface area (Å²) in [6.07, 6.45) is 1.49. The molecule has 2 aromatic carbocycles. The van der Waals surface area contributed by atoms with Crippen molar-refractivity contribution in [2.24, 2.45) is 0 Å². The van der Waals surface area contributed by atoms with Crippen LogP contribution in [0.4, 0.5) is 5.82 Å². The fraction of sp³-hybridized carbons (Fsp3) is 0.208.